The van der Waals surface area contributed by atoms with Gasteiger partial charge in [0.1, 0.15) is 5.76 Å². The summed E-state index contributed by atoms with van der Waals surface area (Å²) in [6.45, 7) is 7.82. The van der Waals surface area contributed by atoms with E-state index in [9.17, 15) is 14.4 Å². The topological polar surface area (TPSA) is 84.6 Å². The van der Waals surface area contributed by atoms with Crippen LogP contribution in [0.4, 0.5) is 4.79 Å². The fourth-order valence-corrected chi connectivity index (χ4v) is 3.37. The molecular formula is C18H21N3O4. The van der Waals surface area contributed by atoms with Gasteiger partial charge in [0.25, 0.3) is 5.91 Å². The Balaban J connectivity index is 1.85. The van der Waals surface area contributed by atoms with Gasteiger partial charge in [-0.3, -0.25) is 14.5 Å². The highest BCUT2D eigenvalue weighted by molar-refractivity contribution is 6.11. The van der Waals surface area contributed by atoms with Crippen LogP contribution in [0.25, 0.3) is 0 Å². The lowest BCUT2D eigenvalue weighted by atomic mass is 9.99. The van der Waals surface area contributed by atoms with Gasteiger partial charge in [0.2, 0.25) is 0 Å². The number of urea groups is 1. The first-order chi connectivity index (χ1) is 11.8. The van der Waals surface area contributed by atoms with Crippen molar-refractivity contribution in [3.05, 3.63) is 47.2 Å². The Morgan fingerprint density at radius 1 is 1.32 bits per heavy atom. The zero-order valence-corrected chi connectivity index (χ0v) is 14.8. The molecule has 0 saturated carbocycles. The Labute approximate surface area is 145 Å². The lowest BCUT2D eigenvalue weighted by Crippen LogP contribution is -2.41. The molecule has 3 rings (SSSR count). The van der Waals surface area contributed by atoms with Gasteiger partial charge in [-0.2, -0.15) is 0 Å². The molecule has 7 nitrogen and oxygen atoms in total. The monoisotopic (exact) mass is 343 g/mol. The molecule has 3 heterocycles. The zero-order chi connectivity index (χ0) is 18.4. The number of hydrogen-bond donors (Lipinski definition) is 1. The molecule has 1 unspecified atom stereocenters. The Hall–Kier alpha value is -2.83. The maximum Gasteiger partial charge on any atom is 0.325 e. The molecule has 1 fully saturated rings. The second-order valence-corrected chi connectivity index (χ2v) is 6.38. The van der Waals surface area contributed by atoms with Gasteiger partial charge in [-0.15, -0.1) is 0 Å². The summed E-state index contributed by atoms with van der Waals surface area (Å²) in [4.78, 5) is 38.6. The molecule has 7 heteroatoms. The van der Waals surface area contributed by atoms with Crippen LogP contribution in [0, 0.1) is 13.8 Å². The Kier molecular flexibility index (Phi) is 4.02. The number of Topliss-reactive ketones (excluding diaryl/α,β-unsaturated/α-hetero) is 1. The minimum Gasteiger partial charge on any atom is -0.466 e. The van der Waals surface area contributed by atoms with Crippen LogP contribution in [0.3, 0.4) is 0 Å². The average Bonchev–Trinajstić information content (AvgIpc) is 3.24. The quantitative estimate of drug-likeness (QED) is 0.667. The van der Waals surface area contributed by atoms with Gasteiger partial charge in [-0.1, -0.05) is 0 Å². The van der Waals surface area contributed by atoms with E-state index in [1.165, 1.54) is 6.26 Å². The molecule has 1 saturated heterocycles. The Morgan fingerprint density at radius 3 is 2.60 bits per heavy atom. The summed E-state index contributed by atoms with van der Waals surface area (Å²) in [6, 6.07) is 4.47. The first-order valence-electron chi connectivity index (χ1n) is 8.17. The van der Waals surface area contributed by atoms with Crippen LogP contribution in [0.5, 0.6) is 0 Å². The highest BCUT2D eigenvalue weighted by Crippen LogP contribution is 2.29. The van der Waals surface area contributed by atoms with Crippen molar-refractivity contribution in [2.24, 2.45) is 0 Å². The van der Waals surface area contributed by atoms with E-state index in [0.717, 1.165) is 22.8 Å². The predicted molar refractivity (Wildman–Crippen MR) is 90.2 cm³/mol. The van der Waals surface area contributed by atoms with Crippen molar-refractivity contribution in [2.45, 2.75) is 39.8 Å². The molecule has 1 aliphatic heterocycles. The number of carbonyl (C=O) groups excluding carboxylic acids is 3. The number of nitrogens with zero attached hydrogens (tertiary/aromatic N) is 2. The van der Waals surface area contributed by atoms with Crippen molar-refractivity contribution >= 4 is 17.7 Å². The molecule has 0 aromatic carbocycles. The number of ketones is 1. The molecule has 0 spiro atoms. The summed E-state index contributed by atoms with van der Waals surface area (Å²) in [6.07, 6.45) is 1.44. The van der Waals surface area contributed by atoms with E-state index in [4.69, 9.17) is 4.42 Å². The second-order valence-electron chi connectivity index (χ2n) is 6.38. The molecule has 0 bridgehead atoms. The zero-order valence-electron chi connectivity index (χ0n) is 14.8. The normalized spacial score (nSPS) is 20.2. The fraction of sp³-hybridized carbons (Fsp3) is 0.389. The van der Waals surface area contributed by atoms with Crippen LogP contribution in [0.15, 0.2) is 28.9 Å². The maximum absolute atomic E-state index is 12.7. The van der Waals surface area contributed by atoms with Crippen molar-refractivity contribution in [3.8, 4) is 0 Å². The summed E-state index contributed by atoms with van der Waals surface area (Å²) in [5, 5.41) is 2.62. The van der Waals surface area contributed by atoms with E-state index in [2.05, 4.69) is 5.32 Å². The molecule has 2 aromatic heterocycles. The first kappa shape index (κ1) is 17.0. The second kappa shape index (κ2) is 5.91. The number of nitrogens with one attached hydrogen (secondary N) is 1. The van der Waals surface area contributed by atoms with E-state index < -0.39 is 17.5 Å². The largest absolute Gasteiger partial charge is 0.466 e. The van der Waals surface area contributed by atoms with Crippen LogP contribution in [0.2, 0.25) is 0 Å². The first-order valence-corrected chi connectivity index (χ1v) is 8.17. The molecule has 1 aliphatic rings. The fourth-order valence-electron chi connectivity index (χ4n) is 3.37. The summed E-state index contributed by atoms with van der Waals surface area (Å²) in [5.74, 6) is -0.421. The van der Waals surface area contributed by atoms with Gasteiger partial charge in [0.05, 0.1) is 12.8 Å². The number of furan rings is 1. The summed E-state index contributed by atoms with van der Waals surface area (Å²) >= 11 is 0. The summed E-state index contributed by atoms with van der Waals surface area (Å²) in [7, 11) is 0. The van der Waals surface area contributed by atoms with Crippen LogP contribution < -0.4 is 5.32 Å². The predicted octanol–water partition coefficient (Wildman–Crippen LogP) is 2.37. The van der Waals surface area contributed by atoms with E-state index in [1.807, 2.05) is 25.3 Å². The van der Waals surface area contributed by atoms with Gasteiger partial charge in [-0.25, -0.2) is 4.79 Å². The number of aromatic nitrogens is 1. The average molecular weight is 343 g/mol. The smallest absolute Gasteiger partial charge is 0.325 e. The number of imide groups is 1. The Bertz CT molecular complexity index is 850. The molecule has 25 heavy (non-hydrogen) atoms. The van der Waals surface area contributed by atoms with E-state index in [-0.39, 0.29) is 12.3 Å². The molecule has 1 atom stereocenters. The molecule has 0 aliphatic carbocycles. The summed E-state index contributed by atoms with van der Waals surface area (Å²) < 4.78 is 7.30. The number of aryl methyl sites for hydroxylation is 1. The van der Waals surface area contributed by atoms with Gasteiger partial charge >= 0.3 is 6.03 Å². The standard InChI is InChI=1S/C18H21N3O4/c1-5-20-11(2)9-13(12(20)3)14(22)10-21-16(23)18(4,19-17(21)24)15-7-6-8-25-15/h6-9H,5,10H2,1-4H3,(H,19,24). The highest BCUT2D eigenvalue weighted by Gasteiger charge is 2.51. The minimum atomic E-state index is -1.29. The van der Waals surface area contributed by atoms with Crippen molar-refractivity contribution in [1.29, 1.82) is 0 Å². The van der Waals surface area contributed by atoms with Crippen LogP contribution in [-0.4, -0.2) is 33.7 Å². The Morgan fingerprint density at radius 2 is 2.04 bits per heavy atom. The van der Waals surface area contributed by atoms with Crippen molar-refractivity contribution < 1.29 is 18.8 Å². The highest BCUT2D eigenvalue weighted by atomic mass is 16.3. The number of amides is 3. The van der Waals surface area contributed by atoms with Gasteiger partial charge in [0, 0.05) is 23.5 Å². The molecule has 1 N–H and O–H groups in total. The molecule has 3 amide bonds. The van der Waals surface area contributed by atoms with Gasteiger partial charge in [0.15, 0.2) is 11.3 Å². The number of rotatable bonds is 5. The van der Waals surface area contributed by atoms with E-state index in [1.54, 1.807) is 25.1 Å². The van der Waals surface area contributed by atoms with Crippen LogP contribution in [-0.2, 0) is 16.9 Å². The summed E-state index contributed by atoms with van der Waals surface area (Å²) in [5.41, 5.74) is 1.06. The lowest BCUT2D eigenvalue weighted by Gasteiger charge is -2.18. The van der Waals surface area contributed by atoms with Crippen molar-refractivity contribution in [3.63, 3.8) is 0 Å². The third-order valence-electron chi connectivity index (χ3n) is 4.78. The van der Waals surface area contributed by atoms with Gasteiger partial charge < -0.3 is 14.3 Å². The molecule has 0 radical (unpaired) electrons. The maximum atomic E-state index is 12.7. The molecule has 2 aromatic rings. The van der Waals surface area contributed by atoms with Crippen molar-refractivity contribution in [1.82, 2.24) is 14.8 Å². The third kappa shape index (κ3) is 2.56. The molecule has 132 valence electrons. The number of carbonyl (C=O) groups is 3. The molecular weight excluding hydrogens is 322 g/mol. The third-order valence-corrected chi connectivity index (χ3v) is 4.78. The number of hydrogen-bond acceptors (Lipinski definition) is 4. The SMILES string of the molecule is CCn1c(C)cc(C(=O)CN2C(=O)NC(C)(c3ccco3)C2=O)c1C. The van der Waals surface area contributed by atoms with E-state index >= 15 is 0 Å². The van der Waals surface area contributed by atoms with E-state index in [0.29, 0.717) is 11.3 Å². The minimum absolute atomic E-state index is 0.264. The lowest BCUT2D eigenvalue weighted by molar-refractivity contribution is -0.131. The van der Waals surface area contributed by atoms with Crippen LogP contribution in [0.1, 0.15) is 41.4 Å². The van der Waals surface area contributed by atoms with Crippen molar-refractivity contribution in [2.75, 3.05) is 6.54 Å². The van der Waals surface area contributed by atoms with Crippen LogP contribution >= 0.6 is 0 Å². The van der Waals surface area contributed by atoms with Gasteiger partial charge in [-0.05, 0) is 45.9 Å².